The molecule has 0 spiro atoms. The van der Waals surface area contributed by atoms with Crippen molar-refractivity contribution in [3.63, 3.8) is 0 Å². The molecule has 0 unspecified atom stereocenters. The fourth-order valence-electron chi connectivity index (χ4n) is 0.785. The number of aliphatic carboxylic acids is 2. The minimum atomic E-state index is -1.08. The molecule has 4 N–H and O–H groups in total. The van der Waals surface area contributed by atoms with Crippen LogP contribution < -0.4 is 5.73 Å². The van der Waals surface area contributed by atoms with E-state index in [1.165, 1.54) is 25.7 Å². The first-order valence-corrected chi connectivity index (χ1v) is 5.18. The van der Waals surface area contributed by atoms with Gasteiger partial charge in [0.05, 0.1) is 12.8 Å². The molecular formula is C10H21NO4. The van der Waals surface area contributed by atoms with Crippen molar-refractivity contribution in [2.75, 3.05) is 6.54 Å². The van der Waals surface area contributed by atoms with Crippen LogP contribution in [-0.2, 0) is 9.59 Å². The van der Waals surface area contributed by atoms with Gasteiger partial charge in [-0.25, -0.2) is 0 Å². The largest absolute Gasteiger partial charge is 0.481 e. The zero-order valence-electron chi connectivity index (χ0n) is 9.24. The van der Waals surface area contributed by atoms with Gasteiger partial charge in [-0.05, 0) is 13.0 Å². The topological polar surface area (TPSA) is 101 Å². The number of unbranched alkanes of at least 4 members (excludes halogenated alkanes) is 3. The fraction of sp³-hybridized carbons (Fsp3) is 0.800. The minimum absolute atomic E-state index is 0.296. The van der Waals surface area contributed by atoms with Crippen LogP contribution in [0.1, 0.15) is 45.4 Å². The molecule has 0 saturated heterocycles. The van der Waals surface area contributed by atoms with E-state index in [1.807, 2.05) is 0 Å². The van der Waals surface area contributed by atoms with Gasteiger partial charge < -0.3 is 15.9 Å². The standard InChI is InChI=1S/C6H15N.C4H6O4/c1-2-3-4-5-6-7;5-3(6)1-2-4(7)8/h2-7H2,1H3;1-2H2,(H,5,6)(H,7,8). The number of carbonyl (C=O) groups is 2. The summed E-state index contributed by atoms with van der Waals surface area (Å²) in [6, 6.07) is 0. The van der Waals surface area contributed by atoms with Crippen molar-refractivity contribution in [3.8, 4) is 0 Å². The molecule has 0 atom stereocenters. The van der Waals surface area contributed by atoms with Crippen LogP contribution in [0.3, 0.4) is 0 Å². The van der Waals surface area contributed by atoms with Gasteiger partial charge >= 0.3 is 11.9 Å². The van der Waals surface area contributed by atoms with Crippen molar-refractivity contribution in [2.45, 2.75) is 45.4 Å². The molecular weight excluding hydrogens is 198 g/mol. The molecule has 0 aromatic carbocycles. The molecule has 0 aliphatic rings. The quantitative estimate of drug-likeness (QED) is 0.563. The third kappa shape index (κ3) is 24.6. The lowest BCUT2D eigenvalue weighted by Gasteiger charge is -1.90. The lowest BCUT2D eigenvalue weighted by Crippen LogP contribution is -2.00. The first-order valence-electron chi connectivity index (χ1n) is 5.18. The van der Waals surface area contributed by atoms with Gasteiger partial charge in [-0.1, -0.05) is 26.2 Å². The lowest BCUT2D eigenvalue weighted by molar-refractivity contribution is -0.143. The van der Waals surface area contributed by atoms with Gasteiger partial charge in [-0.2, -0.15) is 0 Å². The number of carboxylic acid groups (broad SMARTS) is 2. The summed E-state index contributed by atoms with van der Waals surface area (Å²) in [6.45, 7) is 3.07. The Morgan fingerprint density at radius 3 is 1.73 bits per heavy atom. The van der Waals surface area contributed by atoms with Crippen LogP contribution in [0.25, 0.3) is 0 Å². The number of rotatable bonds is 7. The maximum Gasteiger partial charge on any atom is 0.303 e. The molecule has 90 valence electrons. The van der Waals surface area contributed by atoms with Crippen molar-refractivity contribution in [1.29, 1.82) is 0 Å². The highest BCUT2D eigenvalue weighted by atomic mass is 16.4. The van der Waals surface area contributed by atoms with Crippen LogP contribution in [0.2, 0.25) is 0 Å². The van der Waals surface area contributed by atoms with E-state index in [0.717, 1.165) is 6.54 Å². The van der Waals surface area contributed by atoms with Gasteiger partial charge in [0, 0.05) is 0 Å². The summed E-state index contributed by atoms with van der Waals surface area (Å²) < 4.78 is 0. The summed E-state index contributed by atoms with van der Waals surface area (Å²) >= 11 is 0. The van der Waals surface area contributed by atoms with E-state index in [2.05, 4.69) is 6.92 Å². The summed E-state index contributed by atoms with van der Waals surface area (Å²) in [5.41, 5.74) is 5.27. The summed E-state index contributed by atoms with van der Waals surface area (Å²) in [5, 5.41) is 15.8. The van der Waals surface area contributed by atoms with Crippen molar-refractivity contribution in [2.24, 2.45) is 5.73 Å². The van der Waals surface area contributed by atoms with Crippen molar-refractivity contribution >= 4 is 11.9 Å². The fourth-order valence-corrected chi connectivity index (χ4v) is 0.785. The Labute approximate surface area is 90.3 Å². The molecule has 0 radical (unpaired) electrons. The van der Waals surface area contributed by atoms with E-state index in [-0.39, 0.29) is 12.8 Å². The first-order chi connectivity index (χ1) is 7.04. The third-order valence-electron chi connectivity index (χ3n) is 1.61. The lowest BCUT2D eigenvalue weighted by atomic mass is 10.2. The predicted octanol–water partition coefficient (Wildman–Crippen LogP) is 1.46. The van der Waals surface area contributed by atoms with Crippen LogP contribution in [0.15, 0.2) is 0 Å². The maximum absolute atomic E-state index is 9.64. The molecule has 0 amide bonds. The van der Waals surface area contributed by atoms with Gasteiger partial charge in [0.25, 0.3) is 0 Å². The summed E-state index contributed by atoms with van der Waals surface area (Å²) in [6.07, 6.45) is 4.57. The zero-order valence-corrected chi connectivity index (χ0v) is 9.24. The normalized spacial score (nSPS) is 8.93. The van der Waals surface area contributed by atoms with Crippen molar-refractivity contribution in [3.05, 3.63) is 0 Å². The highest BCUT2D eigenvalue weighted by Gasteiger charge is 2.00. The maximum atomic E-state index is 9.64. The second kappa shape index (κ2) is 12.9. The molecule has 0 aromatic rings. The van der Waals surface area contributed by atoms with Gasteiger partial charge in [-0.15, -0.1) is 0 Å². The molecule has 15 heavy (non-hydrogen) atoms. The molecule has 0 saturated carbocycles. The smallest absolute Gasteiger partial charge is 0.303 e. The van der Waals surface area contributed by atoms with Gasteiger partial charge in [0.15, 0.2) is 0 Å². The molecule has 0 aliphatic carbocycles. The number of hydrogen-bond acceptors (Lipinski definition) is 3. The Hall–Kier alpha value is -1.10. The molecule has 0 aliphatic heterocycles. The Morgan fingerprint density at radius 2 is 1.47 bits per heavy atom. The molecule has 0 heterocycles. The molecule has 0 fully saturated rings. The van der Waals surface area contributed by atoms with Crippen LogP contribution in [-0.4, -0.2) is 28.7 Å². The third-order valence-corrected chi connectivity index (χ3v) is 1.61. The van der Waals surface area contributed by atoms with Crippen molar-refractivity contribution < 1.29 is 19.8 Å². The number of carboxylic acids is 2. The van der Waals surface area contributed by atoms with Gasteiger partial charge in [0.1, 0.15) is 0 Å². The summed E-state index contributed by atoms with van der Waals surface area (Å²) in [7, 11) is 0. The Bertz CT molecular complexity index is 153. The Morgan fingerprint density at radius 1 is 1.00 bits per heavy atom. The highest BCUT2D eigenvalue weighted by Crippen LogP contribution is 1.95. The predicted molar refractivity (Wildman–Crippen MR) is 57.7 cm³/mol. The van der Waals surface area contributed by atoms with Crippen LogP contribution in [0.5, 0.6) is 0 Å². The van der Waals surface area contributed by atoms with E-state index in [4.69, 9.17) is 15.9 Å². The second-order valence-corrected chi connectivity index (χ2v) is 3.14. The zero-order chi connectivity index (χ0) is 12.1. The number of nitrogens with two attached hydrogens (primary N) is 1. The monoisotopic (exact) mass is 219 g/mol. The summed E-state index contributed by atoms with van der Waals surface area (Å²) in [4.78, 5) is 19.3. The van der Waals surface area contributed by atoms with E-state index in [9.17, 15) is 9.59 Å². The second-order valence-electron chi connectivity index (χ2n) is 3.14. The van der Waals surface area contributed by atoms with Crippen LogP contribution >= 0.6 is 0 Å². The van der Waals surface area contributed by atoms with E-state index >= 15 is 0 Å². The van der Waals surface area contributed by atoms with Gasteiger partial charge in [-0.3, -0.25) is 9.59 Å². The van der Waals surface area contributed by atoms with Crippen LogP contribution in [0.4, 0.5) is 0 Å². The summed E-state index contributed by atoms with van der Waals surface area (Å²) in [5.74, 6) is -2.15. The van der Waals surface area contributed by atoms with Crippen molar-refractivity contribution in [1.82, 2.24) is 0 Å². The molecule has 0 aromatic heterocycles. The van der Waals surface area contributed by atoms with Gasteiger partial charge in [0.2, 0.25) is 0 Å². The minimum Gasteiger partial charge on any atom is -0.481 e. The molecule has 5 heteroatoms. The Kier molecular flexibility index (Phi) is 14.0. The highest BCUT2D eigenvalue weighted by molar-refractivity contribution is 5.75. The molecule has 0 bridgehead atoms. The average molecular weight is 219 g/mol. The average Bonchev–Trinajstić information content (AvgIpc) is 2.17. The van der Waals surface area contributed by atoms with E-state index in [1.54, 1.807) is 0 Å². The Balaban J connectivity index is 0. The molecule has 0 rings (SSSR count). The van der Waals surface area contributed by atoms with Crippen LogP contribution in [0, 0.1) is 0 Å². The first kappa shape index (κ1) is 16.3. The molecule has 5 nitrogen and oxygen atoms in total. The number of hydrogen-bond donors (Lipinski definition) is 3. The van der Waals surface area contributed by atoms with E-state index < -0.39 is 11.9 Å². The SMILES string of the molecule is CCCCCCN.O=C(O)CCC(=O)O. The van der Waals surface area contributed by atoms with E-state index in [0.29, 0.717) is 0 Å².